The molecular formula is C12H25NO. The lowest BCUT2D eigenvalue weighted by Gasteiger charge is -2.29. The van der Waals surface area contributed by atoms with Gasteiger partial charge in [0.2, 0.25) is 0 Å². The molecule has 0 aromatic heterocycles. The van der Waals surface area contributed by atoms with Crippen LogP contribution in [0.5, 0.6) is 0 Å². The number of hydrogen-bond donors (Lipinski definition) is 2. The molecule has 1 aliphatic rings. The van der Waals surface area contributed by atoms with E-state index in [0.717, 1.165) is 25.4 Å². The molecule has 0 spiro atoms. The summed E-state index contributed by atoms with van der Waals surface area (Å²) in [7, 11) is 0. The average molecular weight is 199 g/mol. The van der Waals surface area contributed by atoms with Gasteiger partial charge in [-0.1, -0.05) is 20.8 Å². The minimum absolute atomic E-state index is 0.0414. The predicted octanol–water partition coefficient (Wildman–Crippen LogP) is 2.17. The van der Waals surface area contributed by atoms with Crippen molar-refractivity contribution in [3.63, 3.8) is 0 Å². The summed E-state index contributed by atoms with van der Waals surface area (Å²) < 4.78 is 0. The normalized spacial score (nSPS) is 27.0. The predicted molar refractivity (Wildman–Crippen MR) is 60.3 cm³/mol. The van der Waals surface area contributed by atoms with E-state index in [1.807, 2.05) is 0 Å². The van der Waals surface area contributed by atoms with Crippen molar-refractivity contribution in [3.05, 3.63) is 0 Å². The Balaban J connectivity index is 2.34. The highest BCUT2D eigenvalue weighted by Crippen LogP contribution is 2.28. The zero-order valence-electron chi connectivity index (χ0n) is 9.84. The van der Waals surface area contributed by atoms with E-state index in [1.165, 1.54) is 19.3 Å². The molecule has 84 valence electrons. The first kappa shape index (κ1) is 12.0. The Morgan fingerprint density at radius 1 is 1.29 bits per heavy atom. The molecule has 0 bridgehead atoms. The van der Waals surface area contributed by atoms with Gasteiger partial charge in [0.25, 0.3) is 0 Å². The maximum atomic E-state index is 10.0. The van der Waals surface area contributed by atoms with Gasteiger partial charge in [-0.25, -0.2) is 0 Å². The Bertz CT molecular complexity index is 154. The van der Waals surface area contributed by atoms with E-state index in [2.05, 4.69) is 26.1 Å². The molecule has 2 nitrogen and oxygen atoms in total. The summed E-state index contributed by atoms with van der Waals surface area (Å²) >= 11 is 0. The fourth-order valence-electron chi connectivity index (χ4n) is 2.00. The number of aliphatic hydroxyl groups excluding tert-OH is 1. The standard InChI is InChI=1S/C12H25NO/c1-12(2,3)11(14)9-10-5-4-7-13-8-6-10/h10-11,13-14H,4-9H2,1-3H3. The lowest BCUT2D eigenvalue weighted by Crippen LogP contribution is -2.28. The molecule has 0 saturated carbocycles. The van der Waals surface area contributed by atoms with E-state index in [0.29, 0.717) is 0 Å². The summed E-state index contributed by atoms with van der Waals surface area (Å²) in [6.45, 7) is 8.63. The third-order valence-corrected chi connectivity index (χ3v) is 3.25. The second-order valence-electron chi connectivity index (χ2n) is 5.66. The van der Waals surface area contributed by atoms with Crippen molar-refractivity contribution >= 4 is 0 Å². The van der Waals surface area contributed by atoms with Crippen LogP contribution in [0.2, 0.25) is 0 Å². The SMILES string of the molecule is CC(C)(C)C(O)CC1CCCNCC1. The van der Waals surface area contributed by atoms with Gasteiger partial charge in [-0.3, -0.25) is 0 Å². The van der Waals surface area contributed by atoms with Crippen LogP contribution in [-0.4, -0.2) is 24.3 Å². The van der Waals surface area contributed by atoms with Crippen LogP contribution < -0.4 is 5.32 Å². The number of rotatable bonds is 2. The van der Waals surface area contributed by atoms with E-state index < -0.39 is 0 Å². The van der Waals surface area contributed by atoms with Gasteiger partial charge < -0.3 is 10.4 Å². The van der Waals surface area contributed by atoms with Crippen molar-refractivity contribution in [2.75, 3.05) is 13.1 Å². The molecule has 2 atom stereocenters. The first-order valence-corrected chi connectivity index (χ1v) is 5.89. The quantitative estimate of drug-likeness (QED) is 0.714. The Hall–Kier alpha value is -0.0800. The summed E-state index contributed by atoms with van der Waals surface area (Å²) in [5.41, 5.74) is 0.0414. The van der Waals surface area contributed by atoms with Crippen molar-refractivity contribution in [1.82, 2.24) is 5.32 Å². The third kappa shape index (κ3) is 3.97. The number of aliphatic hydroxyl groups is 1. The minimum Gasteiger partial charge on any atom is -0.393 e. The van der Waals surface area contributed by atoms with Crippen molar-refractivity contribution in [2.24, 2.45) is 11.3 Å². The van der Waals surface area contributed by atoms with Crippen LogP contribution >= 0.6 is 0 Å². The second-order valence-corrected chi connectivity index (χ2v) is 5.66. The second kappa shape index (κ2) is 5.13. The molecule has 0 aliphatic carbocycles. The molecule has 2 unspecified atom stereocenters. The Labute approximate surface area is 88.1 Å². The lowest BCUT2D eigenvalue weighted by molar-refractivity contribution is 0.0393. The molecule has 1 rings (SSSR count). The van der Waals surface area contributed by atoms with Gasteiger partial charge in [0.15, 0.2) is 0 Å². The Morgan fingerprint density at radius 2 is 2.00 bits per heavy atom. The molecule has 2 N–H and O–H groups in total. The average Bonchev–Trinajstić information content (AvgIpc) is 2.31. The maximum absolute atomic E-state index is 10.0. The number of hydrogen-bond acceptors (Lipinski definition) is 2. The molecule has 2 heteroatoms. The van der Waals surface area contributed by atoms with E-state index in [1.54, 1.807) is 0 Å². The van der Waals surface area contributed by atoms with Crippen LogP contribution in [0.25, 0.3) is 0 Å². The van der Waals surface area contributed by atoms with Gasteiger partial charge in [0.1, 0.15) is 0 Å². The van der Waals surface area contributed by atoms with E-state index >= 15 is 0 Å². The first-order valence-electron chi connectivity index (χ1n) is 5.89. The minimum atomic E-state index is -0.148. The van der Waals surface area contributed by atoms with Gasteiger partial charge in [0, 0.05) is 0 Å². The molecule has 1 fully saturated rings. The van der Waals surface area contributed by atoms with Crippen molar-refractivity contribution in [2.45, 2.75) is 52.6 Å². The van der Waals surface area contributed by atoms with Crippen LogP contribution in [0.4, 0.5) is 0 Å². The molecule has 1 aliphatic heterocycles. The molecule has 14 heavy (non-hydrogen) atoms. The van der Waals surface area contributed by atoms with Crippen LogP contribution in [0.15, 0.2) is 0 Å². The van der Waals surface area contributed by atoms with Crippen LogP contribution in [-0.2, 0) is 0 Å². The highest BCUT2D eigenvalue weighted by molar-refractivity contribution is 4.77. The Kier molecular flexibility index (Phi) is 4.39. The van der Waals surface area contributed by atoms with Gasteiger partial charge in [-0.15, -0.1) is 0 Å². The van der Waals surface area contributed by atoms with Crippen LogP contribution in [0.1, 0.15) is 46.5 Å². The largest absolute Gasteiger partial charge is 0.393 e. The summed E-state index contributed by atoms with van der Waals surface area (Å²) in [6, 6.07) is 0. The molecule has 0 amide bonds. The van der Waals surface area contributed by atoms with Gasteiger partial charge in [0.05, 0.1) is 6.10 Å². The zero-order valence-corrected chi connectivity index (χ0v) is 9.84. The van der Waals surface area contributed by atoms with E-state index in [4.69, 9.17) is 0 Å². The monoisotopic (exact) mass is 199 g/mol. The summed E-state index contributed by atoms with van der Waals surface area (Å²) in [5, 5.41) is 13.4. The number of nitrogens with one attached hydrogen (secondary N) is 1. The Morgan fingerprint density at radius 3 is 2.64 bits per heavy atom. The van der Waals surface area contributed by atoms with Crippen LogP contribution in [0.3, 0.4) is 0 Å². The van der Waals surface area contributed by atoms with Gasteiger partial charge in [-0.2, -0.15) is 0 Å². The molecule has 1 heterocycles. The van der Waals surface area contributed by atoms with Gasteiger partial charge in [-0.05, 0) is 50.1 Å². The highest BCUT2D eigenvalue weighted by atomic mass is 16.3. The molecular weight excluding hydrogens is 174 g/mol. The van der Waals surface area contributed by atoms with Crippen LogP contribution in [0, 0.1) is 11.3 Å². The fraction of sp³-hybridized carbons (Fsp3) is 1.00. The zero-order chi connectivity index (χ0) is 10.6. The fourth-order valence-corrected chi connectivity index (χ4v) is 2.00. The summed E-state index contributed by atoms with van der Waals surface area (Å²) in [4.78, 5) is 0. The highest BCUT2D eigenvalue weighted by Gasteiger charge is 2.25. The van der Waals surface area contributed by atoms with E-state index in [-0.39, 0.29) is 11.5 Å². The van der Waals surface area contributed by atoms with E-state index in [9.17, 15) is 5.11 Å². The summed E-state index contributed by atoms with van der Waals surface area (Å²) in [6.07, 6.45) is 4.60. The maximum Gasteiger partial charge on any atom is 0.0591 e. The molecule has 1 saturated heterocycles. The lowest BCUT2D eigenvalue weighted by atomic mass is 9.82. The summed E-state index contributed by atoms with van der Waals surface area (Å²) in [5.74, 6) is 0.722. The topological polar surface area (TPSA) is 32.3 Å². The smallest absolute Gasteiger partial charge is 0.0591 e. The molecule has 0 aromatic rings. The third-order valence-electron chi connectivity index (χ3n) is 3.25. The van der Waals surface area contributed by atoms with Crippen molar-refractivity contribution < 1.29 is 5.11 Å². The molecule has 0 radical (unpaired) electrons. The van der Waals surface area contributed by atoms with Gasteiger partial charge >= 0.3 is 0 Å². The van der Waals surface area contributed by atoms with Crippen molar-refractivity contribution in [1.29, 1.82) is 0 Å². The first-order chi connectivity index (χ1) is 6.50. The molecule has 0 aromatic carbocycles. The van der Waals surface area contributed by atoms with Crippen molar-refractivity contribution in [3.8, 4) is 0 Å².